The predicted octanol–water partition coefficient (Wildman–Crippen LogP) is 4.11. The molecule has 0 heterocycles. The fourth-order valence-corrected chi connectivity index (χ4v) is 3.92. The Balaban J connectivity index is 1.61. The Kier molecular flexibility index (Phi) is 3.26. The van der Waals surface area contributed by atoms with Gasteiger partial charge in [0, 0.05) is 13.1 Å². The van der Waals surface area contributed by atoms with E-state index in [0.717, 1.165) is 24.9 Å². The minimum atomic E-state index is 0.553. The number of hydrogen-bond donors (Lipinski definition) is 0. The SMILES string of the molecule is CN(CC1=CC[C@H]2C[C@@H]1C2(C)C)Cc1ccccc1. The molecule has 19 heavy (non-hydrogen) atoms. The summed E-state index contributed by atoms with van der Waals surface area (Å²) in [7, 11) is 2.24. The van der Waals surface area contributed by atoms with Crippen LogP contribution in [-0.2, 0) is 6.54 Å². The summed E-state index contributed by atoms with van der Waals surface area (Å²) >= 11 is 0. The van der Waals surface area contributed by atoms with E-state index in [0.29, 0.717) is 5.41 Å². The van der Waals surface area contributed by atoms with Gasteiger partial charge in [0.15, 0.2) is 0 Å². The third kappa shape index (κ3) is 2.36. The van der Waals surface area contributed by atoms with Gasteiger partial charge in [0.05, 0.1) is 0 Å². The summed E-state index contributed by atoms with van der Waals surface area (Å²) in [5.74, 6) is 1.78. The van der Waals surface area contributed by atoms with Gasteiger partial charge in [-0.15, -0.1) is 0 Å². The zero-order valence-electron chi connectivity index (χ0n) is 12.4. The van der Waals surface area contributed by atoms with E-state index in [-0.39, 0.29) is 0 Å². The van der Waals surface area contributed by atoms with E-state index in [1.165, 1.54) is 18.4 Å². The molecule has 2 bridgehead atoms. The quantitative estimate of drug-likeness (QED) is 0.732. The van der Waals surface area contributed by atoms with Crippen LogP contribution in [0.25, 0.3) is 0 Å². The molecule has 3 aliphatic rings. The third-order valence-corrected chi connectivity index (χ3v) is 5.33. The number of hydrogen-bond acceptors (Lipinski definition) is 1. The van der Waals surface area contributed by atoms with E-state index >= 15 is 0 Å². The zero-order valence-corrected chi connectivity index (χ0v) is 12.4. The van der Waals surface area contributed by atoms with Gasteiger partial charge >= 0.3 is 0 Å². The van der Waals surface area contributed by atoms with E-state index in [1.807, 2.05) is 0 Å². The van der Waals surface area contributed by atoms with Crippen LogP contribution in [0.5, 0.6) is 0 Å². The first kappa shape index (κ1) is 12.9. The summed E-state index contributed by atoms with van der Waals surface area (Å²) in [4.78, 5) is 2.45. The molecule has 0 spiro atoms. The van der Waals surface area contributed by atoms with Gasteiger partial charge < -0.3 is 0 Å². The van der Waals surface area contributed by atoms with Crippen LogP contribution in [0.15, 0.2) is 42.0 Å². The monoisotopic (exact) mass is 255 g/mol. The summed E-state index contributed by atoms with van der Waals surface area (Å²) in [6.07, 6.45) is 5.25. The zero-order chi connectivity index (χ0) is 13.5. The lowest BCUT2D eigenvalue weighted by Gasteiger charge is -2.57. The number of fused-ring (bicyclic) bond motifs is 1. The highest BCUT2D eigenvalue weighted by molar-refractivity contribution is 5.24. The van der Waals surface area contributed by atoms with Crippen molar-refractivity contribution in [2.75, 3.05) is 13.6 Å². The normalized spacial score (nSPS) is 27.9. The van der Waals surface area contributed by atoms with Gasteiger partial charge in [-0.25, -0.2) is 0 Å². The summed E-state index contributed by atoms with van der Waals surface area (Å²) < 4.78 is 0. The molecule has 1 nitrogen and oxygen atoms in total. The number of likely N-dealkylation sites (N-methyl/N-ethyl adjacent to an activating group) is 1. The van der Waals surface area contributed by atoms with E-state index < -0.39 is 0 Å². The molecule has 2 atom stereocenters. The van der Waals surface area contributed by atoms with Crippen molar-refractivity contribution in [3.63, 3.8) is 0 Å². The van der Waals surface area contributed by atoms with Crippen molar-refractivity contribution in [1.29, 1.82) is 0 Å². The van der Waals surface area contributed by atoms with Crippen molar-refractivity contribution in [3.05, 3.63) is 47.5 Å². The molecule has 1 heteroatoms. The molecule has 1 aromatic carbocycles. The molecule has 3 aliphatic carbocycles. The van der Waals surface area contributed by atoms with Gasteiger partial charge in [-0.3, -0.25) is 4.90 Å². The molecule has 0 aromatic heterocycles. The molecule has 1 fully saturated rings. The largest absolute Gasteiger partial charge is 0.298 e. The maximum atomic E-state index is 2.52. The fourth-order valence-electron chi connectivity index (χ4n) is 3.92. The lowest BCUT2D eigenvalue weighted by molar-refractivity contribution is -0.0101. The molecule has 0 aliphatic heterocycles. The van der Waals surface area contributed by atoms with E-state index in [4.69, 9.17) is 0 Å². The third-order valence-electron chi connectivity index (χ3n) is 5.33. The van der Waals surface area contributed by atoms with Crippen molar-refractivity contribution >= 4 is 0 Å². The van der Waals surface area contributed by atoms with Crippen LogP contribution in [0.1, 0.15) is 32.3 Å². The Morgan fingerprint density at radius 3 is 2.53 bits per heavy atom. The van der Waals surface area contributed by atoms with Crippen molar-refractivity contribution in [2.24, 2.45) is 17.3 Å². The Morgan fingerprint density at radius 2 is 1.89 bits per heavy atom. The van der Waals surface area contributed by atoms with Crippen molar-refractivity contribution < 1.29 is 0 Å². The summed E-state index contributed by atoms with van der Waals surface area (Å²) in [6.45, 7) is 7.09. The summed E-state index contributed by atoms with van der Waals surface area (Å²) in [5.41, 5.74) is 3.65. The van der Waals surface area contributed by atoms with Crippen molar-refractivity contribution in [2.45, 2.75) is 33.2 Å². The maximum absolute atomic E-state index is 2.52. The van der Waals surface area contributed by atoms with Gasteiger partial charge in [0.2, 0.25) is 0 Å². The van der Waals surface area contributed by atoms with Crippen LogP contribution < -0.4 is 0 Å². The van der Waals surface area contributed by atoms with E-state index in [1.54, 1.807) is 5.57 Å². The smallest absolute Gasteiger partial charge is 0.0234 e. The van der Waals surface area contributed by atoms with Crippen LogP contribution in [0, 0.1) is 17.3 Å². The van der Waals surface area contributed by atoms with Crippen LogP contribution in [0.3, 0.4) is 0 Å². The lowest BCUT2D eigenvalue weighted by atomic mass is 9.49. The number of allylic oxidation sites excluding steroid dienone is 1. The number of rotatable bonds is 4. The first-order valence-corrected chi connectivity index (χ1v) is 7.49. The highest BCUT2D eigenvalue weighted by Crippen LogP contribution is 2.59. The predicted molar refractivity (Wildman–Crippen MR) is 80.9 cm³/mol. The van der Waals surface area contributed by atoms with Gasteiger partial charge in [0.25, 0.3) is 0 Å². The Morgan fingerprint density at radius 1 is 1.16 bits per heavy atom. The maximum Gasteiger partial charge on any atom is 0.0234 e. The molecular formula is C18H25N. The van der Waals surface area contributed by atoms with E-state index in [9.17, 15) is 0 Å². The van der Waals surface area contributed by atoms with Gasteiger partial charge in [-0.05, 0) is 42.7 Å². The van der Waals surface area contributed by atoms with Crippen LogP contribution in [0.2, 0.25) is 0 Å². The summed E-state index contributed by atoms with van der Waals surface area (Å²) in [5, 5.41) is 0. The van der Waals surface area contributed by atoms with Crippen molar-refractivity contribution in [3.8, 4) is 0 Å². The Bertz CT molecular complexity index is 472. The molecule has 0 N–H and O–H groups in total. The number of nitrogens with zero attached hydrogens (tertiary/aromatic N) is 1. The van der Waals surface area contributed by atoms with E-state index in [2.05, 4.69) is 62.2 Å². The summed E-state index contributed by atoms with van der Waals surface area (Å²) in [6, 6.07) is 10.8. The molecule has 1 aromatic rings. The highest BCUT2D eigenvalue weighted by atomic mass is 15.1. The topological polar surface area (TPSA) is 3.24 Å². The average molecular weight is 255 g/mol. The molecule has 1 saturated carbocycles. The first-order chi connectivity index (χ1) is 9.07. The molecule has 0 amide bonds. The Labute approximate surface area is 117 Å². The lowest BCUT2D eigenvalue weighted by Crippen LogP contribution is -2.49. The van der Waals surface area contributed by atoms with Crippen molar-refractivity contribution in [1.82, 2.24) is 4.90 Å². The highest BCUT2D eigenvalue weighted by Gasteiger charge is 2.50. The second-order valence-corrected chi connectivity index (χ2v) is 6.98. The number of benzene rings is 1. The molecule has 4 rings (SSSR count). The molecule has 0 saturated heterocycles. The fraction of sp³-hybridized carbons (Fsp3) is 0.556. The second kappa shape index (κ2) is 4.79. The molecule has 0 radical (unpaired) electrons. The second-order valence-electron chi connectivity index (χ2n) is 6.98. The minimum Gasteiger partial charge on any atom is -0.298 e. The van der Waals surface area contributed by atoms with Crippen LogP contribution in [-0.4, -0.2) is 18.5 Å². The molecular weight excluding hydrogens is 230 g/mol. The average Bonchev–Trinajstić information content (AvgIpc) is 2.39. The van der Waals surface area contributed by atoms with Crippen LogP contribution in [0.4, 0.5) is 0 Å². The van der Waals surface area contributed by atoms with Gasteiger partial charge in [0.1, 0.15) is 0 Å². The first-order valence-electron chi connectivity index (χ1n) is 7.49. The Hall–Kier alpha value is -1.08. The van der Waals surface area contributed by atoms with Gasteiger partial charge in [-0.1, -0.05) is 55.8 Å². The standard InChI is InChI=1S/C18H25N/c1-18(2)16-10-9-15(17(18)11-16)13-19(3)12-14-7-5-4-6-8-14/h4-9,16-17H,10-13H2,1-3H3/t16-,17-/m0/s1. The van der Waals surface area contributed by atoms with Gasteiger partial charge in [-0.2, -0.15) is 0 Å². The minimum absolute atomic E-state index is 0.553. The molecule has 0 unspecified atom stereocenters. The molecule has 102 valence electrons. The van der Waals surface area contributed by atoms with Crippen LogP contribution >= 0.6 is 0 Å².